The maximum Gasteiger partial charge on any atom is -0.000718 e. The van der Waals surface area contributed by atoms with Crippen LogP contribution in [0.1, 0.15) is 0 Å². The van der Waals surface area contributed by atoms with E-state index >= 15 is 0 Å². The summed E-state index contributed by atoms with van der Waals surface area (Å²) in [5.74, 6) is 0. The van der Waals surface area contributed by atoms with Gasteiger partial charge < -0.3 is 0 Å². The predicted molar refractivity (Wildman–Crippen MR) is 298 cm³/mol. The van der Waals surface area contributed by atoms with Crippen molar-refractivity contribution < 1.29 is 0 Å². The molecule has 2 aliphatic carbocycles. The van der Waals surface area contributed by atoms with Crippen molar-refractivity contribution in [3.63, 3.8) is 0 Å². The van der Waals surface area contributed by atoms with E-state index in [0.29, 0.717) is 0 Å². The van der Waals surface area contributed by atoms with Crippen LogP contribution in [0.2, 0.25) is 0 Å². The summed E-state index contributed by atoms with van der Waals surface area (Å²) in [4.78, 5) is 0. The van der Waals surface area contributed by atoms with Gasteiger partial charge in [-0.05, 0) is 166 Å². The Morgan fingerprint density at radius 2 is 0.443 bits per heavy atom. The normalized spacial score (nSPS) is 12.0. The third kappa shape index (κ3) is 5.53. The van der Waals surface area contributed by atoms with E-state index < -0.39 is 0 Å². The number of hydrogen-bond acceptors (Lipinski definition) is 0. The lowest BCUT2D eigenvalue weighted by atomic mass is 9.79. The van der Waals surface area contributed by atoms with Crippen LogP contribution in [0.5, 0.6) is 0 Å². The van der Waals surface area contributed by atoms with Gasteiger partial charge in [-0.1, -0.05) is 243 Å². The maximum absolute atomic E-state index is 2.48. The molecule has 0 saturated carbocycles. The molecule has 0 aliphatic heterocycles. The van der Waals surface area contributed by atoms with Gasteiger partial charge in [0.1, 0.15) is 0 Å². The van der Waals surface area contributed by atoms with Crippen molar-refractivity contribution in [1.82, 2.24) is 0 Å². The van der Waals surface area contributed by atoms with Gasteiger partial charge >= 0.3 is 0 Å². The molecule has 0 radical (unpaired) electrons. The second kappa shape index (κ2) is 15.2. The molecular weight excluding hydrogens is 841 g/mol. The van der Waals surface area contributed by atoms with Gasteiger partial charge in [0.15, 0.2) is 0 Å². The fraction of sp³-hybridized carbons (Fsp3) is 0. The maximum atomic E-state index is 2.48. The highest BCUT2D eigenvalue weighted by Crippen LogP contribution is 2.65. The summed E-state index contributed by atoms with van der Waals surface area (Å²) in [5.41, 5.74) is 25.4. The Kier molecular flexibility index (Phi) is 8.46. The topological polar surface area (TPSA) is 0 Å². The first kappa shape index (κ1) is 38.9. The van der Waals surface area contributed by atoms with Crippen LogP contribution in [0.3, 0.4) is 0 Å². The molecule has 70 heavy (non-hydrogen) atoms. The Morgan fingerprint density at radius 1 is 0.157 bits per heavy atom. The molecule has 13 aromatic rings. The van der Waals surface area contributed by atoms with E-state index in [1.54, 1.807) is 0 Å². The minimum Gasteiger partial charge on any atom is -0.0622 e. The summed E-state index contributed by atoms with van der Waals surface area (Å²) >= 11 is 0. The molecule has 0 spiro atoms. The van der Waals surface area contributed by atoms with Crippen LogP contribution in [0.4, 0.5) is 0 Å². The Morgan fingerprint density at radius 3 is 0.814 bits per heavy atom. The highest BCUT2D eigenvalue weighted by Gasteiger charge is 2.37. The van der Waals surface area contributed by atoms with Crippen LogP contribution in [0.25, 0.3) is 154 Å². The molecule has 0 amide bonds. The molecule has 0 unspecified atom stereocenters. The monoisotopic (exact) mass is 882 g/mol. The molecule has 0 nitrogen and oxygen atoms in total. The minimum absolute atomic E-state index is 1.21. The van der Waals surface area contributed by atoms with Gasteiger partial charge in [-0.25, -0.2) is 0 Å². The molecular formula is C70H42. The van der Waals surface area contributed by atoms with Gasteiger partial charge in [0.2, 0.25) is 0 Å². The van der Waals surface area contributed by atoms with Gasteiger partial charge in [-0.2, -0.15) is 0 Å². The summed E-state index contributed by atoms with van der Waals surface area (Å²) in [6, 6.07) is 95.1. The molecule has 0 N–H and O–H groups in total. The van der Waals surface area contributed by atoms with Crippen LogP contribution >= 0.6 is 0 Å². The van der Waals surface area contributed by atoms with Crippen molar-refractivity contribution in [2.45, 2.75) is 0 Å². The van der Waals surface area contributed by atoms with Crippen molar-refractivity contribution in [2.75, 3.05) is 0 Å². The van der Waals surface area contributed by atoms with E-state index in [0.717, 1.165) is 0 Å². The van der Waals surface area contributed by atoms with E-state index in [1.165, 1.54) is 154 Å². The summed E-state index contributed by atoms with van der Waals surface area (Å²) in [5, 5.41) is 10.2. The quantitative estimate of drug-likeness (QED) is 0.146. The van der Waals surface area contributed by atoms with Crippen LogP contribution in [-0.4, -0.2) is 0 Å². The van der Waals surface area contributed by atoms with Crippen molar-refractivity contribution >= 4 is 43.1 Å². The van der Waals surface area contributed by atoms with Crippen molar-refractivity contribution in [3.05, 3.63) is 255 Å². The lowest BCUT2D eigenvalue weighted by Crippen LogP contribution is -1.97. The summed E-state index contributed by atoms with van der Waals surface area (Å²) in [6.07, 6.45) is 0. The lowest BCUT2D eigenvalue weighted by Gasteiger charge is -2.24. The number of fused-ring (bicyclic) bond motifs is 9. The van der Waals surface area contributed by atoms with Gasteiger partial charge in [0.25, 0.3) is 0 Å². The van der Waals surface area contributed by atoms with Crippen LogP contribution in [0.15, 0.2) is 255 Å². The zero-order chi connectivity index (χ0) is 45.9. The first-order valence-corrected chi connectivity index (χ1v) is 24.4. The average molecular weight is 883 g/mol. The Hall–Kier alpha value is -9.10. The molecule has 2 aliphatic rings. The van der Waals surface area contributed by atoms with E-state index in [1.807, 2.05) is 0 Å². The van der Waals surface area contributed by atoms with Crippen molar-refractivity contribution in [2.24, 2.45) is 0 Å². The minimum atomic E-state index is 1.21. The second-order valence-corrected chi connectivity index (χ2v) is 18.9. The van der Waals surface area contributed by atoms with Crippen molar-refractivity contribution in [3.8, 4) is 111 Å². The van der Waals surface area contributed by atoms with E-state index in [4.69, 9.17) is 0 Å². The largest absolute Gasteiger partial charge is 0.0622 e. The molecule has 322 valence electrons. The third-order valence-corrected chi connectivity index (χ3v) is 15.3. The molecule has 0 saturated heterocycles. The zero-order valence-electron chi connectivity index (χ0n) is 38.2. The smallest absolute Gasteiger partial charge is 0.000718 e. The van der Waals surface area contributed by atoms with Gasteiger partial charge in [0, 0.05) is 0 Å². The average Bonchev–Trinajstić information content (AvgIpc) is 3.94. The first-order chi connectivity index (χ1) is 34.8. The predicted octanol–water partition coefficient (Wildman–Crippen LogP) is 19.6. The molecule has 13 aromatic carbocycles. The highest BCUT2D eigenvalue weighted by molar-refractivity contribution is 6.36. The van der Waals surface area contributed by atoms with Crippen molar-refractivity contribution in [1.29, 1.82) is 0 Å². The lowest BCUT2D eigenvalue weighted by molar-refractivity contribution is 1.58. The number of hydrogen-bond donors (Lipinski definition) is 0. The zero-order valence-corrected chi connectivity index (χ0v) is 38.2. The molecule has 0 fully saturated rings. The Labute approximate surface area is 407 Å². The van der Waals surface area contributed by atoms with Crippen LogP contribution in [0, 0.1) is 0 Å². The summed E-state index contributed by atoms with van der Waals surface area (Å²) in [7, 11) is 0. The molecule has 0 heterocycles. The second-order valence-electron chi connectivity index (χ2n) is 18.9. The summed E-state index contributed by atoms with van der Waals surface area (Å²) < 4.78 is 0. The first-order valence-electron chi connectivity index (χ1n) is 24.4. The molecule has 0 atom stereocenters. The van der Waals surface area contributed by atoms with Crippen LogP contribution < -0.4 is 0 Å². The summed E-state index contributed by atoms with van der Waals surface area (Å²) in [6.45, 7) is 0. The van der Waals surface area contributed by atoms with E-state index in [9.17, 15) is 0 Å². The van der Waals surface area contributed by atoms with Gasteiger partial charge in [-0.3, -0.25) is 0 Å². The van der Waals surface area contributed by atoms with E-state index in [-0.39, 0.29) is 0 Å². The van der Waals surface area contributed by atoms with E-state index in [2.05, 4.69) is 255 Å². The number of rotatable bonds is 6. The third-order valence-electron chi connectivity index (χ3n) is 15.3. The Balaban J connectivity index is 1.15. The molecule has 15 rings (SSSR count). The fourth-order valence-corrected chi connectivity index (χ4v) is 12.5. The molecule has 0 heteroatoms. The highest BCUT2D eigenvalue weighted by atomic mass is 14.4. The fourth-order valence-electron chi connectivity index (χ4n) is 12.5. The number of benzene rings is 13. The van der Waals surface area contributed by atoms with Gasteiger partial charge in [0.05, 0.1) is 0 Å². The molecule has 0 aromatic heterocycles. The standard InChI is InChI=1S/C70H42/c1-5-21-43(22-6-1)49-31-15-17-33-51(49)63-59-41-47-29-13-14-30-48(47)42-60(59)64(52-34-18-16-32-50(52)44-23-7-2-8-24-44)70-58-40-38-56-65-55(37-39-57(66(58)65)69(63)70)67-61(45-25-9-3-10-26-45)53-35-19-20-36-54(53)62(68(56)67)46-27-11-4-12-28-46/h1-42H. The van der Waals surface area contributed by atoms with Gasteiger partial charge in [-0.15, -0.1) is 0 Å². The Bertz CT molecular complexity index is 4020. The molecule has 0 bridgehead atoms. The van der Waals surface area contributed by atoms with Crippen LogP contribution in [-0.2, 0) is 0 Å². The SMILES string of the molecule is c1ccc(-c2ccccc2-c2c3c(c(-c4ccccc4-c4ccccc4)c4cc5ccccc5cc24)-c2ccc4c5c(ccc-3c25)-c2c-4c(-c3ccccc3)c3ccccc3c2-c2ccccc2)cc1.